The summed E-state index contributed by atoms with van der Waals surface area (Å²) in [5.41, 5.74) is 13.4. The summed E-state index contributed by atoms with van der Waals surface area (Å²) in [6.07, 6.45) is -0.864. The standard InChI is InChI=1S/C6H14N4O3/c7-4(5(12)13)3(11)1-2-10-6(8)9/h3-4,11H,1-2,7H2,(H,12,13)(H4,8,9,10)/p+1/t3-,4-/m0/s1. The number of hydrogen-bond donors (Lipinski definition) is 5. The molecule has 2 atom stereocenters. The fraction of sp³-hybridized carbons (Fsp3) is 0.667. The smallest absolute Gasteiger partial charge is 0.338 e. The second-order valence-corrected chi connectivity index (χ2v) is 2.66. The van der Waals surface area contributed by atoms with Crippen LogP contribution < -0.4 is 27.3 Å². The summed E-state index contributed by atoms with van der Waals surface area (Å²) in [4.78, 5) is 12.8. The molecule has 0 bridgehead atoms. The quantitative estimate of drug-likeness (QED) is 0.216. The number of carbonyl (C=O) groups excluding carboxylic acids is 1. The van der Waals surface area contributed by atoms with E-state index in [0.717, 1.165) is 0 Å². The number of carboxylic acids is 1. The number of nitrogens with one attached hydrogen (secondary N) is 1. The minimum absolute atomic E-state index is 0.0289. The Bertz CT molecular complexity index is 202. The van der Waals surface area contributed by atoms with Gasteiger partial charge in [-0.2, -0.15) is 0 Å². The van der Waals surface area contributed by atoms with Gasteiger partial charge < -0.3 is 20.7 Å². The zero-order chi connectivity index (χ0) is 10.4. The van der Waals surface area contributed by atoms with Crippen molar-refractivity contribution >= 4 is 11.9 Å². The largest absolute Gasteiger partial charge is 0.544 e. The molecule has 0 aromatic carbocycles. The summed E-state index contributed by atoms with van der Waals surface area (Å²) >= 11 is 0. The molecule has 0 fully saturated rings. The molecule has 76 valence electrons. The lowest BCUT2D eigenvalue weighted by Gasteiger charge is -2.14. The molecule has 13 heavy (non-hydrogen) atoms. The average molecular weight is 191 g/mol. The Balaban J connectivity index is 3.81. The van der Waals surface area contributed by atoms with Gasteiger partial charge in [0.25, 0.3) is 0 Å². The van der Waals surface area contributed by atoms with Crippen LogP contribution in [0.25, 0.3) is 0 Å². The number of aliphatic hydroxyl groups is 1. The summed E-state index contributed by atoms with van der Waals surface area (Å²) < 4.78 is 0. The summed E-state index contributed by atoms with van der Waals surface area (Å²) in [7, 11) is 0. The average Bonchev–Trinajstić information content (AvgIpc) is 2.02. The SMILES string of the molecule is NC(N)=[NH+]CC[C@H](O)[C@H]([NH3+])C(=O)[O-]. The van der Waals surface area contributed by atoms with Crippen LogP contribution in [0, 0.1) is 0 Å². The molecule has 0 heterocycles. The number of guanidine groups is 1. The highest BCUT2D eigenvalue weighted by Gasteiger charge is 2.18. The minimum Gasteiger partial charge on any atom is -0.544 e. The second-order valence-electron chi connectivity index (χ2n) is 2.66. The molecule has 0 unspecified atom stereocenters. The van der Waals surface area contributed by atoms with Crippen LogP contribution in [0.2, 0.25) is 0 Å². The van der Waals surface area contributed by atoms with E-state index in [1.807, 2.05) is 0 Å². The number of quaternary nitrogens is 1. The normalized spacial score (nSPS) is 14.6. The number of carboxylic acid groups (broad SMARTS) is 1. The molecule has 0 saturated heterocycles. The molecule has 7 nitrogen and oxygen atoms in total. The van der Waals surface area contributed by atoms with Crippen molar-refractivity contribution < 1.29 is 25.7 Å². The molecule has 7 heteroatoms. The Morgan fingerprint density at radius 2 is 2.15 bits per heavy atom. The van der Waals surface area contributed by atoms with Crippen molar-refractivity contribution in [1.82, 2.24) is 0 Å². The first kappa shape index (κ1) is 11.7. The molecule has 0 aliphatic carbocycles. The maximum Gasteiger partial charge on any atom is 0.338 e. The van der Waals surface area contributed by atoms with Crippen molar-refractivity contribution in [3.8, 4) is 0 Å². The zero-order valence-corrected chi connectivity index (χ0v) is 7.19. The third-order valence-electron chi connectivity index (χ3n) is 1.54. The molecular formula is C6H15N4O3+. The van der Waals surface area contributed by atoms with Crippen molar-refractivity contribution in [2.45, 2.75) is 18.6 Å². The van der Waals surface area contributed by atoms with Crippen LogP contribution >= 0.6 is 0 Å². The molecule has 0 aromatic rings. The van der Waals surface area contributed by atoms with E-state index < -0.39 is 18.1 Å². The Kier molecular flexibility index (Phi) is 4.78. The monoisotopic (exact) mass is 191 g/mol. The summed E-state index contributed by atoms with van der Waals surface area (Å²) in [5, 5.41) is 19.4. The molecule has 9 N–H and O–H groups in total. The molecule has 0 aliphatic heterocycles. The van der Waals surface area contributed by atoms with Crippen LogP contribution in [-0.4, -0.2) is 35.7 Å². The first-order valence-corrected chi connectivity index (χ1v) is 3.79. The van der Waals surface area contributed by atoms with Gasteiger partial charge in [-0.3, -0.25) is 16.5 Å². The predicted octanol–water partition coefficient (Wildman–Crippen LogP) is -6.55. The highest BCUT2D eigenvalue weighted by molar-refractivity contribution is 5.70. The molecule has 0 aliphatic rings. The number of rotatable bonds is 5. The summed E-state index contributed by atoms with van der Waals surface area (Å²) in [5.74, 6) is -1.35. The van der Waals surface area contributed by atoms with Gasteiger partial charge in [0.15, 0.2) is 6.04 Å². The van der Waals surface area contributed by atoms with E-state index in [0.29, 0.717) is 6.54 Å². The Labute approximate surface area is 75.2 Å². The Morgan fingerprint density at radius 1 is 1.62 bits per heavy atom. The predicted molar refractivity (Wildman–Crippen MR) is 41.5 cm³/mol. The number of nitrogens with two attached hydrogens (primary N) is 2. The molecule has 0 rings (SSSR count). The van der Waals surface area contributed by atoms with Crippen molar-refractivity contribution in [1.29, 1.82) is 0 Å². The van der Waals surface area contributed by atoms with E-state index in [2.05, 4.69) is 10.7 Å². The molecule has 0 spiro atoms. The summed E-state index contributed by atoms with van der Waals surface area (Å²) in [6.45, 7) is 0.294. The van der Waals surface area contributed by atoms with E-state index in [-0.39, 0.29) is 12.4 Å². The first-order valence-electron chi connectivity index (χ1n) is 3.79. The third kappa shape index (κ3) is 4.99. The second kappa shape index (κ2) is 5.33. The maximum absolute atomic E-state index is 10.2. The topological polar surface area (TPSA) is 154 Å². The van der Waals surface area contributed by atoms with Gasteiger partial charge in [0.2, 0.25) is 0 Å². The molecule has 0 aromatic heterocycles. The van der Waals surface area contributed by atoms with Crippen LogP contribution in [0.3, 0.4) is 0 Å². The van der Waals surface area contributed by atoms with Gasteiger partial charge in [0, 0.05) is 6.42 Å². The fourth-order valence-electron chi connectivity index (χ4n) is 0.723. The molecule has 0 radical (unpaired) electrons. The van der Waals surface area contributed by atoms with Crippen LogP contribution in [0.5, 0.6) is 0 Å². The number of hydrogen-bond acceptors (Lipinski definition) is 3. The van der Waals surface area contributed by atoms with Crippen LogP contribution in [0.4, 0.5) is 0 Å². The van der Waals surface area contributed by atoms with Gasteiger partial charge >= 0.3 is 5.96 Å². The number of aliphatic carboxylic acids is 1. The van der Waals surface area contributed by atoms with E-state index in [1.54, 1.807) is 0 Å². The maximum atomic E-state index is 10.2. The number of carbonyl (C=O) groups is 1. The first-order chi connectivity index (χ1) is 5.95. The van der Waals surface area contributed by atoms with Gasteiger partial charge in [-0.05, 0) is 0 Å². The number of aliphatic hydroxyl groups excluding tert-OH is 1. The molecule has 0 amide bonds. The van der Waals surface area contributed by atoms with Crippen molar-refractivity contribution in [3.63, 3.8) is 0 Å². The van der Waals surface area contributed by atoms with Gasteiger partial charge in [-0.25, -0.2) is 0 Å². The van der Waals surface area contributed by atoms with Crippen molar-refractivity contribution in [3.05, 3.63) is 0 Å². The fourth-order valence-corrected chi connectivity index (χ4v) is 0.723. The minimum atomic E-state index is -1.38. The Morgan fingerprint density at radius 3 is 2.54 bits per heavy atom. The Hall–Kier alpha value is -1.34. The highest BCUT2D eigenvalue weighted by Crippen LogP contribution is 1.90. The van der Waals surface area contributed by atoms with Crippen LogP contribution in [0.1, 0.15) is 6.42 Å². The third-order valence-corrected chi connectivity index (χ3v) is 1.54. The summed E-state index contributed by atoms with van der Waals surface area (Å²) in [6, 6.07) is -1.14. The van der Waals surface area contributed by atoms with E-state index in [1.165, 1.54) is 0 Å². The van der Waals surface area contributed by atoms with Gasteiger partial charge in [-0.15, -0.1) is 0 Å². The molecule has 0 saturated carbocycles. The lowest BCUT2D eigenvalue weighted by molar-refractivity contribution is -0.474. The highest BCUT2D eigenvalue weighted by atomic mass is 16.4. The van der Waals surface area contributed by atoms with Crippen LogP contribution in [0.15, 0.2) is 0 Å². The van der Waals surface area contributed by atoms with Gasteiger partial charge in [-0.1, -0.05) is 0 Å². The van der Waals surface area contributed by atoms with Gasteiger partial charge in [0.05, 0.1) is 6.54 Å². The lowest BCUT2D eigenvalue weighted by Crippen LogP contribution is -2.79. The van der Waals surface area contributed by atoms with Crippen molar-refractivity contribution in [2.75, 3.05) is 6.54 Å². The van der Waals surface area contributed by atoms with E-state index in [9.17, 15) is 15.0 Å². The van der Waals surface area contributed by atoms with Crippen LogP contribution in [-0.2, 0) is 4.79 Å². The van der Waals surface area contributed by atoms with Crippen molar-refractivity contribution in [2.24, 2.45) is 11.5 Å². The zero-order valence-electron chi connectivity index (χ0n) is 7.19. The van der Waals surface area contributed by atoms with Gasteiger partial charge in [0.1, 0.15) is 12.1 Å². The van der Waals surface area contributed by atoms with E-state index in [4.69, 9.17) is 11.5 Å². The molecular weight excluding hydrogens is 176 g/mol. The van der Waals surface area contributed by atoms with E-state index >= 15 is 0 Å². The lowest BCUT2D eigenvalue weighted by atomic mass is 10.1.